The molecule has 0 atom stereocenters. The van der Waals surface area contributed by atoms with Crippen LogP contribution in [-0.4, -0.2) is 13.4 Å². The highest BCUT2D eigenvalue weighted by Crippen LogP contribution is 2.24. The van der Waals surface area contributed by atoms with Gasteiger partial charge in [-0.2, -0.15) is 5.26 Å². The number of sulfonamides is 1. The number of rotatable bonds is 3. The Labute approximate surface area is 123 Å². The van der Waals surface area contributed by atoms with E-state index >= 15 is 0 Å². The first-order valence-corrected chi connectivity index (χ1v) is 8.16. The molecule has 0 amide bonds. The van der Waals surface area contributed by atoms with Gasteiger partial charge in [-0.15, -0.1) is 11.3 Å². The number of thiophene rings is 1. The quantitative estimate of drug-likeness (QED) is 0.915. The zero-order valence-electron chi connectivity index (χ0n) is 9.71. The number of aryl methyl sites for hydroxylation is 1. The molecule has 0 aliphatic rings. The van der Waals surface area contributed by atoms with E-state index in [-0.39, 0.29) is 10.0 Å². The predicted octanol–water partition coefficient (Wildman–Crippen LogP) is 2.89. The Bertz CT molecular complexity index is 762. The van der Waals surface area contributed by atoms with Crippen molar-refractivity contribution in [2.45, 2.75) is 11.1 Å². The van der Waals surface area contributed by atoms with Gasteiger partial charge in [0.2, 0.25) is 0 Å². The maximum absolute atomic E-state index is 12.1. The van der Waals surface area contributed by atoms with Crippen molar-refractivity contribution in [3.63, 3.8) is 0 Å². The summed E-state index contributed by atoms with van der Waals surface area (Å²) in [4.78, 5) is 4.33. The lowest BCUT2D eigenvalue weighted by Crippen LogP contribution is -2.12. The second-order valence-electron chi connectivity index (χ2n) is 3.65. The molecule has 0 saturated carbocycles. The third kappa shape index (κ3) is 3.12. The number of nitriles is 1. The minimum Gasteiger partial charge on any atom is -0.263 e. The van der Waals surface area contributed by atoms with Gasteiger partial charge in [0, 0.05) is 10.7 Å². The fourth-order valence-corrected chi connectivity index (χ4v) is 3.63. The molecule has 2 rings (SSSR count). The Balaban J connectivity index is 2.31. The summed E-state index contributed by atoms with van der Waals surface area (Å²) in [5.41, 5.74) is 0.872. The van der Waals surface area contributed by atoms with Crippen LogP contribution in [0.1, 0.15) is 10.4 Å². The number of aromatic nitrogens is 1. The van der Waals surface area contributed by atoms with Gasteiger partial charge in [-0.3, -0.25) is 4.72 Å². The summed E-state index contributed by atoms with van der Waals surface area (Å²) in [5, 5.41) is 8.70. The first-order chi connectivity index (χ1) is 8.92. The van der Waals surface area contributed by atoms with Gasteiger partial charge in [0.15, 0.2) is 0 Å². The van der Waals surface area contributed by atoms with Crippen LogP contribution in [0.5, 0.6) is 0 Å². The number of nitrogens with one attached hydrogen (secondary N) is 1. The van der Waals surface area contributed by atoms with Crippen LogP contribution in [-0.2, 0) is 10.0 Å². The Hall–Kier alpha value is -1.43. The number of nitrogens with zero attached hydrogens (tertiary/aromatic N) is 2. The van der Waals surface area contributed by atoms with Crippen molar-refractivity contribution in [3.05, 3.63) is 39.3 Å². The molecule has 0 aliphatic carbocycles. The number of hydrogen-bond donors (Lipinski definition) is 1. The molecular formula is C11H8BrN3O2S2. The number of halogens is 1. The molecule has 1 N–H and O–H groups in total. The van der Waals surface area contributed by atoms with Gasteiger partial charge in [-0.05, 0) is 46.6 Å². The van der Waals surface area contributed by atoms with Gasteiger partial charge in [-0.25, -0.2) is 13.4 Å². The summed E-state index contributed by atoms with van der Waals surface area (Å²) < 4.78 is 27.4. The molecular weight excluding hydrogens is 350 g/mol. The lowest BCUT2D eigenvalue weighted by Gasteiger charge is -2.06. The van der Waals surface area contributed by atoms with Crippen molar-refractivity contribution in [2.75, 3.05) is 4.72 Å². The van der Waals surface area contributed by atoms with E-state index in [1.54, 1.807) is 6.07 Å². The number of hydrogen-bond acceptors (Lipinski definition) is 5. The van der Waals surface area contributed by atoms with Crippen molar-refractivity contribution >= 4 is 43.1 Å². The van der Waals surface area contributed by atoms with E-state index in [0.29, 0.717) is 4.88 Å². The molecule has 2 aromatic rings. The number of anilines is 1. The highest BCUT2D eigenvalue weighted by atomic mass is 79.9. The molecule has 0 aliphatic heterocycles. The molecule has 8 heteroatoms. The summed E-state index contributed by atoms with van der Waals surface area (Å²) in [5.74, 6) is 0.243. The van der Waals surface area contributed by atoms with Crippen molar-refractivity contribution < 1.29 is 8.42 Å². The van der Waals surface area contributed by atoms with Crippen molar-refractivity contribution in [1.29, 1.82) is 5.26 Å². The monoisotopic (exact) mass is 357 g/mol. The average molecular weight is 358 g/mol. The van der Waals surface area contributed by atoms with Crippen molar-refractivity contribution in [3.8, 4) is 6.07 Å². The summed E-state index contributed by atoms with van der Waals surface area (Å²) in [7, 11) is -3.69. The van der Waals surface area contributed by atoms with Gasteiger partial charge in [0.25, 0.3) is 10.0 Å². The average Bonchev–Trinajstić information content (AvgIpc) is 2.83. The second-order valence-corrected chi connectivity index (χ2v) is 7.50. The standard InChI is InChI=1S/C11H8BrN3O2S2/c1-7-4-10(14-6-9(7)12)15-19(16,17)11-3-2-8(5-13)18-11/h2-4,6H,1H3,(H,14,15). The van der Waals surface area contributed by atoms with E-state index < -0.39 is 10.0 Å². The van der Waals surface area contributed by atoms with Crippen LogP contribution >= 0.6 is 27.3 Å². The molecule has 2 aromatic heterocycles. The first-order valence-electron chi connectivity index (χ1n) is 5.07. The lowest BCUT2D eigenvalue weighted by atomic mass is 10.3. The third-order valence-electron chi connectivity index (χ3n) is 2.24. The van der Waals surface area contributed by atoms with Crippen molar-refractivity contribution in [2.24, 2.45) is 0 Å². The Kier molecular flexibility index (Phi) is 3.89. The smallest absolute Gasteiger partial charge is 0.263 e. The summed E-state index contributed by atoms with van der Waals surface area (Å²) in [6.07, 6.45) is 1.53. The topological polar surface area (TPSA) is 82.9 Å². The van der Waals surface area contributed by atoms with E-state index in [4.69, 9.17) is 5.26 Å². The third-order valence-corrected chi connectivity index (χ3v) is 5.91. The SMILES string of the molecule is Cc1cc(NS(=O)(=O)c2ccc(C#N)s2)ncc1Br. The summed E-state index contributed by atoms with van der Waals surface area (Å²) in [6, 6.07) is 6.40. The Morgan fingerprint density at radius 3 is 2.79 bits per heavy atom. The van der Waals surface area contributed by atoms with E-state index in [1.807, 2.05) is 13.0 Å². The molecule has 0 aromatic carbocycles. The lowest BCUT2D eigenvalue weighted by molar-refractivity contribution is 0.603. The van der Waals surface area contributed by atoms with Crippen LogP contribution in [0, 0.1) is 18.3 Å². The van der Waals surface area contributed by atoms with E-state index in [1.165, 1.54) is 18.3 Å². The zero-order chi connectivity index (χ0) is 14.0. The highest BCUT2D eigenvalue weighted by molar-refractivity contribution is 9.10. The number of pyridine rings is 1. The second kappa shape index (κ2) is 5.28. The van der Waals surface area contributed by atoms with E-state index in [2.05, 4.69) is 25.6 Å². The van der Waals surface area contributed by atoms with Gasteiger partial charge in [0.1, 0.15) is 21.0 Å². The van der Waals surface area contributed by atoms with E-state index in [9.17, 15) is 8.42 Å². The predicted molar refractivity (Wildman–Crippen MR) is 76.5 cm³/mol. The molecule has 0 fully saturated rings. The van der Waals surface area contributed by atoms with Crippen molar-refractivity contribution in [1.82, 2.24) is 4.98 Å². The zero-order valence-corrected chi connectivity index (χ0v) is 12.9. The normalized spacial score (nSPS) is 11.0. The molecule has 0 radical (unpaired) electrons. The van der Waals surface area contributed by atoms with Gasteiger partial charge in [-0.1, -0.05) is 0 Å². The Morgan fingerprint density at radius 2 is 2.21 bits per heavy atom. The van der Waals surface area contributed by atoms with Crippen LogP contribution in [0.2, 0.25) is 0 Å². The van der Waals surface area contributed by atoms with Gasteiger partial charge in [0.05, 0.1) is 0 Å². The highest BCUT2D eigenvalue weighted by Gasteiger charge is 2.17. The molecule has 0 spiro atoms. The molecule has 0 unspecified atom stereocenters. The molecule has 98 valence electrons. The van der Waals surface area contributed by atoms with Crippen LogP contribution in [0.3, 0.4) is 0 Å². The van der Waals surface area contributed by atoms with E-state index in [0.717, 1.165) is 21.4 Å². The minimum atomic E-state index is -3.69. The first kappa shape index (κ1) is 14.0. The Morgan fingerprint density at radius 1 is 1.47 bits per heavy atom. The molecule has 0 bridgehead atoms. The maximum atomic E-state index is 12.1. The fraction of sp³-hybridized carbons (Fsp3) is 0.0909. The van der Waals surface area contributed by atoms with Gasteiger partial charge >= 0.3 is 0 Å². The van der Waals surface area contributed by atoms with Crippen LogP contribution in [0.4, 0.5) is 5.82 Å². The molecule has 5 nitrogen and oxygen atoms in total. The molecule has 19 heavy (non-hydrogen) atoms. The summed E-state index contributed by atoms with van der Waals surface area (Å²) in [6.45, 7) is 1.84. The fourth-order valence-electron chi connectivity index (χ4n) is 1.31. The maximum Gasteiger partial charge on any atom is 0.272 e. The molecule has 0 saturated heterocycles. The largest absolute Gasteiger partial charge is 0.272 e. The minimum absolute atomic E-state index is 0.0893. The van der Waals surface area contributed by atoms with Crippen LogP contribution < -0.4 is 4.72 Å². The van der Waals surface area contributed by atoms with Crippen LogP contribution in [0.15, 0.2) is 33.1 Å². The molecule has 2 heterocycles. The van der Waals surface area contributed by atoms with Crippen LogP contribution in [0.25, 0.3) is 0 Å². The van der Waals surface area contributed by atoms with Gasteiger partial charge < -0.3 is 0 Å². The summed E-state index contributed by atoms with van der Waals surface area (Å²) >= 11 is 4.21.